The van der Waals surface area contributed by atoms with Crippen LogP contribution in [0.15, 0.2) is 43.0 Å². The van der Waals surface area contributed by atoms with Crippen molar-refractivity contribution in [2.24, 2.45) is 0 Å². The van der Waals surface area contributed by atoms with E-state index in [1.807, 2.05) is 12.1 Å². The predicted octanol–water partition coefficient (Wildman–Crippen LogP) is 1.96. The molecule has 18 heavy (non-hydrogen) atoms. The van der Waals surface area contributed by atoms with Crippen LogP contribution in [0.3, 0.4) is 0 Å². The number of hydrogen-bond acceptors (Lipinski definition) is 5. The lowest BCUT2D eigenvalue weighted by Gasteiger charge is -2.01. The zero-order chi connectivity index (χ0) is 12.4. The number of benzene rings is 1. The zero-order valence-electron chi connectivity index (χ0n) is 9.28. The van der Waals surface area contributed by atoms with Gasteiger partial charge in [-0.1, -0.05) is 12.1 Å². The smallest absolute Gasteiger partial charge is 0.181 e. The highest BCUT2D eigenvalue weighted by molar-refractivity contribution is 5.72. The second-order valence-corrected chi connectivity index (χ2v) is 3.68. The molecule has 0 radical (unpaired) electrons. The molecule has 2 aromatic heterocycles. The maximum absolute atomic E-state index is 8.75. The third-order valence-corrected chi connectivity index (χ3v) is 2.53. The molecule has 0 spiro atoms. The molecule has 0 saturated carbocycles. The van der Waals surface area contributed by atoms with Crippen molar-refractivity contribution in [3.8, 4) is 17.3 Å². The Hall–Kier alpha value is -2.87. The average molecular weight is 233 g/mol. The molecular weight excluding hydrogens is 226 g/mol. The summed E-state index contributed by atoms with van der Waals surface area (Å²) in [7, 11) is 0. The minimum absolute atomic E-state index is 0.562. The largest absolute Gasteiger partial charge is 0.249 e. The third kappa shape index (κ3) is 1.76. The van der Waals surface area contributed by atoms with E-state index in [2.05, 4.69) is 26.0 Å². The van der Waals surface area contributed by atoms with E-state index in [0.29, 0.717) is 16.7 Å². The molecule has 5 heteroatoms. The van der Waals surface area contributed by atoms with Gasteiger partial charge in [0.2, 0.25) is 0 Å². The molecule has 84 valence electrons. The molecule has 0 amide bonds. The second-order valence-electron chi connectivity index (χ2n) is 3.68. The number of fused-ring (bicyclic) bond motifs is 1. The molecular formula is C13H7N5. The Labute approximate surface area is 103 Å². The molecule has 0 aliphatic carbocycles. The van der Waals surface area contributed by atoms with E-state index in [0.717, 1.165) is 11.3 Å². The highest BCUT2D eigenvalue weighted by Crippen LogP contribution is 2.18. The Kier molecular flexibility index (Phi) is 2.39. The summed E-state index contributed by atoms with van der Waals surface area (Å²) in [6.45, 7) is 0. The molecule has 1 aromatic carbocycles. The minimum Gasteiger partial charge on any atom is -0.249 e. The SMILES string of the molecule is N#Cc1ccc(-c2cnc3cncnc3n2)cc1. The van der Waals surface area contributed by atoms with Crippen molar-refractivity contribution in [1.82, 2.24) is 19.9 Å². The molecule has 5 nitrogen and oxygen atoms in total. The van der Waals surface area contributed by atoms with Crippen LogP contribution >= 0.6 is 0 Å². The van der Waals surface area contributed by atoms with Gasteiger partial charge in [-0.3, -0.25) is 0 Å². The van der Waals surface area contributed by atoms with Gasteiger partial charge in [0.1, 0.15) is 11.8 Å². The molecule has 0 unspecified atom stereocenters. The van der Waals surface area contributed by atoms with Crippen molar-refractivity contribution >= 4 is 11.2 Å². The summed E-state index contributed by atoms with van der Waals surface area (Å²) in [5.41, 5.74) is 3.48. The van der Waals surface area contributed by atoms with Crippen LogP contribution in [-0.2, 0) is 0 Å². The average Bonchev–Trinajstić information content (AvgIpc) is 2.47. The lowest BCUT2D eigenvalue weighted by Crippen LogP contribution is -1.91. The van der Waals surface area contributed by atoms with E-state index in [9.17, 15) is 0 Å². The summed E-state index contributed by atoms with van der Waals surface area (Å²) in [4.78, 5) is 16.6. The van der Waals surface area contributed by atoms with Crippen LogP contribution in [0.2, 0.25) is 0 Å². The summed E-state index contributed by atoms with van der Waals surface area (Å²) in [5.74, 6) is 0. The molecule has 0 atom stereocenters. The van der Waals surface area contributed by atoms with E-state index in [4.69, 9.17) is 5.26 Å². The van der Waals surface area contributed by atoms with Crippen LogP contribution in [0.4, 0.5) is 0 Å². The molecule has 0 saturated heterocycles. The number of nitriles is 1. The van der Waals surface area contributed by atoms with Gasteiger partial charge in [-0.15, -0.1) is 0 Å². The van der Waals surface area contributed by atoms with Gasteiger partial charge in [0.05, 0.1) is 29.7 Å². The predicted molar refractivity (Wildman–Crippen MR) is 65.3 cm³/mol. The second kappa shape index (κ2) is 4.18. The Morgan fingerprint density at radius 3 is 2.61 bits per heavy atom. The summed E-state index contributed by atoms with van der Waals surface area (Å²) >= 11 is 0. The summed E-state index contributed by atoms with van der Waals surface area (Å²) in [5, 5.41) is 8.75. The van der Waals surface area contributed by atoms with Crippen LogP contribution in [0.5, 0.6) is 0 Å². The van der Waals surface area contributed by atoms with E-state index < -0.39 is 0 Å². The first kappa shape index (κ1) is 10.3. The van der Waals surface area contributed by atoms with Crippen molar-refractivity contribution in [2.45, 2.75) is 0 Å². The number of nitrogens with zero attached hydrogens (tertiary/aromatic N) is 5. The Morgan fingerprint density at radius 1 is 1.00 bits per heavy atom. The molecule has 0 aliphatic heterocycles. The maximum atomic E-state index is 8.75. The van der Waals surface area contributed by atoms with Crippen LogP contribution < -0.4 is 0 Å². The first-order valence-electron chi connectivity index (χ1n) is 5.30. The molecule has 3 aromatic rings. The normalized spacial score (nSPS) is 10.2. The molecule has 3 rings (SSSR count). The van der Waals surface area contributed by atoms with E-state index >= 15 is 0 Å². The van der Waals surface area contributed by atoms with Gasteiger partial charge in [-0.25, -0.2) is 19.9 Å². The Bertz CT molecular complexity index is 743. The quantitative estimate of drug-likeness (QED) is 0.642. The Morgan fingerprint density at radius 2 is 1.83 bits per heavy atom. The molecule has 0 N–H and O–H groups in total. The highest BCUT2D eigenvalue weighted by Gasteiger charge is 2.03. The first-order valence-corrected chi connectivity index (χ1v) is 5.30. The van der Waals surface area contributed by atoms with E-state index in [-0.39, 0.29) is 0 Å². The minimum atomic E-state index is 0.562. The number of hydrogen-bond donors (Lipinski definition) is 0. The van der Waals surface area contributed by atoms with Crippen molar-refractivity contribution in [1.29, 1.82) is 5.26 Å². The van der Waals surface area contributed by atoms with Gasteiger partial charge in [0.25, 0.3) is 0 Å². The van der Waals surface area contributed by atoms with Gasteiger partial charge in [0.15, 0.2) is 5.65 Å². The fourth-order valence-electron chi connectivity index (χ4n) is 1.62. The topological polar surface area (TPSA) is 75.3 Å². The van der Waals surface area contributed by atoms with Gasteiger partial charge in [0, 0.05) is 5.56 Å². The summed E-state index contributed by atoms with van der Waals surface area (Å²) < 4.78 is 0. The fraction of sp³-hybridized carbons (Fsp3) is 0. The highest BCUT2D eigenvalue weighted by atomic mass is 14.9. The lowest BCUT2D eigenvalue weighted by atomic mass is 10.1. The third-order valence-electron chi connectivity index (χ3n) is 2.53. The zero-order valence-corrected chi connectivity index (χ0v) is 9.28. The molecule has 0 bridgehead atoms. The van der Waals surface area contributed by atoms with Crippen LogP contribution in [-0.4, -0.2) is 19.9 Å². The van der Waals surface area contributed by atoms with Gasteiger partial charge in [-0.2, -0.15) is 5.26 Å². The van der Waals surface area contributed by atoms with Gasteiger partial charge in [-0.05, 0) is 12.1 Å². The standard InChI is InChI=1S/C13H7N5/c14-5-9-1-3-10(4-2-9)11-7-16-12-6-15-8-17-13(12)18-11/h1-4,6-8H. The lowest BCUT2D eigenvalue weighted by molar-refractivity contribution is 1.15. The van der Waals surface area contributed by atoms with E-state index in [1.54, 1.807) is 24.5 Å². The molecule has 2 heterocycles. The van der Waals surface area contributed by atoms with Crippen LogP contribution in [0.25, 0.3) is 22.4 Å². The van der Waals surface area contributed by atoms with Gasteiger partial charge < -0.3 is 0 Å². The Balaban J connectivity index is 2.10. The van der Waals surface area contributed by atoms with Crippen molar-refractivity contribution in [2.75, 3.05) is 0 Å². The van der Waals surface area contributed by atoms with E-state index in [1.165, 1.54) is 6.33 Å². The van der Waals surface area contributed by atoms with Crippen molar-refractivity contribution < 1.29 is 0 Å². The maximum Gasteiger partial charge on any atom is 0.181 e. The number of rotatable bonds is 1. The van der Waals surface area contributed by atoms with Crippen LogP contribution in [0.1, 0.15) is 5.56 Å². The van der Waals surface area contributed by atoms with Crippen molar-refractivity contribution in [3.63, 3.8) is 0 Å². The fourth-order valence-corrected chi connectivity index (χ4v) is 1.62. The molecule has 0 aliphatic rings. The van der Waals surface area contributed by atoms with Gasteiger partial charge >= 0.3 is 0 Å². The summed E-state index contributed by atoms with van der Waals surface area (Å²) in [6, 6.07) is 9.27. The summed E-state index contributed by atoms with van der Waals surface area (Å²) in [6.07, 6.45) is 4.74. The molecule has 0 fully saturated rings. The number of aromatic nitrogens is 4. The van der Waals surface area contributed by atoms with Crippen molar-refractivity contribution in [3.05, 3.63) is 48.5 Å². The van der Waals surface area contributed by atoms with Crippen LogP contribution in [0, 0.1) is 11.3 Å². The first-order chi connectivity index (χ1) is 8.86. The monoisotopic (exact) mass is 233 g/mol.